The number of esters is 2. The predicted octanol–water partition coefficient (Wildman–Crippen LogP) is 1.85. The Morgan fingerprint density at radius 1 is 0.722 bits per heavy atom. The maximum atomic E-state index is 13.4. The van der Waals surface area contributed by atoms with E-state index >= 15 is 0 Å². The van der Waals surface area contributed by atoms with Gasteiger partial charge in [0.05, 0.1) is 13.2 Å². The molecule has 0 saturated heterocycles. The molecule has 2 amide bonds. The summed E-state index contributed by atoms with van der Waals surface area (Å²) < 4.78 is 11.0. The van der Waals surface area contributed by atoms with Gasteiger partial charge in [0.25, 0.3) is 0 Å². The van der Waals surface area contributed by atoms with Crippen LogP contribution in [0.15, 0.2) is 0 Å². The largest absolute Gasteiger partial charge is 0.458 e. The quantitative estimate of drug-likeness (QED) is 0.227. The van der Waals surface area contributed by atoms with Gasteiger partial charge in [0.15, 0.2) is 12.1 Å². The van der Waals surface area contributed by atoms with Crippen molar-refractivity contribution in [1.82, 2.24) is 10.6 Å². The van der Waals surface area contributed by atoms with Crippen LogP contribution < -0.4 is 10.6 Å². The van der Waals surface area contributed by atoms with E-state index in [0.717, 1.165) is 6.42 Å². The first-order valence-corrected chi connectivity index (χ1v) is 12.8. The zero-order chi connectivity index (χ0) is 27.9. The summed E-state index contributed by atoms with van der Waals surface area (Å²) in [5, 5.41) is 24.6. The van der Waals surface area contributed by atoms with E-state index in [1.807, 2.05) is 27.7 Å². The monoisotopic (exact) mass is 514 g/mol. The molecule has 4 N–H and O–H groups in total. The lowest BCUT2D eigenvalue weighted by atomic mass is 9.72. The fourth-order valence-electron chi connectivity index (χ4n) is 3.56. The van der Waals surface area contributed by atoms with Crippen LogP contribution in [0.5, 0.6) is 0 Å². The number of carbonyl (C=O) groups excluding carboxylic acids is 4. The van der Waals surface area contributed by atoms with Crippen molar-refractivity contribution >= 4 is 23.8 Å². The highest BCUT2D eigenvalue weighted by Crippen LogP contribution is 2.37. The molecule has 208 valence electrons. The van der Waals surface area contributed by atoms with Gasteiger partial charge in [0.1, 0.15) is 16.6 Å². The van der Waals surface area contributed by atoms with E-state index in [1.165, 1.54) is 0 Å². The van der Waals surface area contributed by atoms with Gasteiger partial charge < -0.3 is 30.3 Å². The van der Waals surface area contributed by atoms with Crippen molar-refractivity contribution in [3.05, 3.63) is 0 Å². The van der Waals surface area contributed by atoms with Gasteiger partial charge >= 0.3 is 11.9 Å². The van der Waals surface area contributed by atoms with E-state index in [2.05, 4.69) is 10.6 Å². The first kappa shape index (κ1) is 31.8. The maximum Gasteiger partial charge on any atom is 0.331 e. The number of amides is 2. The molecule has 10 heteroatoms. The third-order valence-electron chi connectivity index (χ3n) is 7.63. The van der Waals surface area contributed by atoms with Gasteiger partial charge in [-0.3, -0.25) is 9.59 Å². The number of nitrogens with one attached hydrogen (secondary N) is 2. The lowest BCUT2D eigenvalue weighted by Gasteiger charge is -2.37. The molecule has 1 fully saturated rings. The van der Waals surface area contributed by atoms with Crippen molar-refractivity contribution < 1.29 is 38.9 Å². The second-order valence-electron chi connectivity index (χ2n) is 11.4. The molecule has 2 atom stereocenters. The number of aliphatic hydroxyl groups is 2. The summed E-state index contributed by atoms with van der Waals surface area (Å²) in [7, 11) is 0. The van der Waals surface area contributed by atoms with E-state index in [9.17, 15) is 29.4 Å². The molecule has 0 aromatic rings. The van der Waals surface area contributed by atoms with Gasteiger partial charge in [-0.05, 0) is 52.4 Å². The normalized spacial score (nSPS) is 17.8. The van der Waals surface area contributed by atoms with E-state index in [1.54, 1.807) is 27.7 Å². The Balaban J connectivity index is 3.09. The van der Waals surface area contributed by atoms with Crippen molar-refractivity contribution in [3.8, 4) is 0 Å². The topological polar surface area (TPSA) is 151 Å². The molecule has 0 radical (unpaired) electrons. The Morgan fingerprint density at radius 2 is 1.06 bits per heavy atom. The summed E-state index contributed by atoms with van der Waals surface area (Å²) in [6, 6.07) is -2.71. The lowest BCUT2D eigenvalue weighted by Crippen LogP contribution is -2.59. The van der Waals surface area contributed by atoms with E-state index < -0.39 is 65.7 Å². The summed E-state index contributed by atoms with van der Waals surface area (Å²) >= 11 is 0. The summed E-state index contributed by atoms with van der Waals surface area (Å²) in [6.45, 7) is 13.1. The minimum atomic E-state index is -1.57. The third kappa shape index (κ3) is 7.90. The molecule has 1 rings (SSSR count). The van der Waals surface area contributed by atoms with Crippen molar-refractivity contribution in [2.24, 2.45) is 17.3 Å². The number of aliphatic hydroxyl groups excluding tert-OH is 2. The highest BCUT2D eigenvalue weighted by molar-refractivity contribution is 6.07. The summed E-state index contributed by atoms with van der Waals surface area (Å²) in [4.78, 5) is 52.2. The number of carbonyl (C=O) groups is 4. The average molecular weight is 515 g/mol. The summed E-state index contributed by atoms with van der Waals surface area (Å²) in [5.41, 5.74) is -3.22. The molecule has 10 nitrogen and oxygen atoms in total. The number of hydrogen-bond donors (Lipinski definition) is 4. The molecule has 1 aliphatic rings. The molecule has 0 aromatic carbocycles. The van der Waals surface area contributed by atoms with Gasteiger partial charge in [-0.15, -0.1) is 0 Å². The Kier molecular flexibility index (Phi) is 11.4. The molecule has 36 heavy (non-hydrogen) atoms. The van der Waals surface area contributed by atoms with Gasteiger partial charge in [0.2, 0.25) is 11.8 Å². The predicted molar refractivity (Wildman–Crippen MR) is 134 cm³/mol. The van der Waals surface area contributed by atoms with Crippen molar-refractivity contribution in [1.29, 1.82) is 0 Å². The van der Waals surface area contributed by atoms with E-state index in [-0.39, 0.29) is 24.7 Å². The molecule has 0 aliphatic heterocycles. The molecule has 0 bridgehead atoms. The molecule has 1 saturated carbocycles. The molecule has 0 heterocycles. The van der Waals surface area contributed by atoms with Crippen LogP contribution in [0.2, 0.25) is 0 Å². The minimum absolute atomic E-state index is 0.0113. The fourth-order valence-corrected chi connectivity index (χ4v) is 3.56. The van der Waals surface area contributed by atoms with Crippen molar-refractivity contribution in [2.45, 2.75) is 111 Å². The second kappa shape index (κ2) is 12.9. The van der Waals surface area contributed by atoms with Crippen LogP contribution in [0.4, 0.5) is 0 Å². The van der Waals surface area contributed by atoms with Crippen LogP contribution in [0.1, 0.15) is 87.5 Å². The Labute approximate surface area is 214 Å². The van der Waals surface area contributed by atoms with Crippen LogP contribution in [0.3, 0.4) is 0 Å². The highest BCUT2D eigenvalue weighted by atomic mass is 16.6. The third-order valence-corrected chi connectivity index (χ3v) is 7.63. The fraction of sp³-hybridized carbons (Fsp3) is 0.846. The standard InChI is InChI=1S/C26H46N2O8/c1-16(2)24(5,6)35-20(31)18(14-29)27-22(33)26(12-10-9-11-13-26)23(34)28-19(15-30)21(32)36-25(7,8)17(3)4/h16-19,29-30H,9-15H2,1-8H3,(H,27,33)(H,28,34)/t18-,19-/m1/s1. The van der Waals surface area contributed by atoms with Crippen LogP contribution in [0, 0.1) is 17.3 Å². The van der Waals surface area contributed by atoms with Crippen LogP contribution in [-0.2, 0) is 28.7 Å². The first-order chi connectivity index (χ1) is 16.5. The van der Waals surface area contributed by atoms with Gasteiger partial charge in [-0.1, -0.05) is 47.0 Å². The van der Waals surface area contributed by atoms with Gasteiger partial charge in [-0.25, -0.2) is 9.59 Å². The lowest BCUT2D eigenvalue weighted by molar-refractivity contribution is -0.167. The average Bonchev–Trinajstić information content (AvgIpc) is 2.79. The number of ether oxygens (including phenoxy) is 2. The van der Waals surface area contributed by atoms with Crippen molar-refractivity contribution in [2.75, 3.05) is 13.2 Å². The van der Waals surface area contributed by atoms with Gasteiger partial charge in [0, 0.05) is 0 Å². The first-order valence-electron chi connectivity index (χ1n) is 12.8. The van der Waals surface area contributed by atoms with E-state index in [4.69, 9.17) is 9.47 Å². The van der Waals surface area contributed by atoms with Crippen LogP contribution in [-0.4, -0.2) is 70.5 Å². The SMILES string of the molecule is CC(C)C(C)(C)OC(=O)[C@@H](CO)NC(=O)C1(C(=O)N[C@H](CO)C(=O)OC(C)(C)C(C)C)CCCCC1. The molecule has 0 spiro atoms. The number of rotatable bonds is 12. The zero-order valence-corrected chi connectivity index (χ0v) is 23.1. The zero-order valence-electron chi connectivity index (χ0n) is 23.1. The Bertz CT molecular complexity index is 727. The van der Waals surface area contributed by atoms with Crippen LogP contribution in [0.25, 0.3) is 0 Å². The van der Waals surface area contributed by atoms with Gasteiger partial charge in [-0.2, -0.15) is 0 Å². The smallest absolute Gasteiger partial charge is 0.331 e. The van der Waals surface area contributed by atoms with Crippen molar-refractivity contribution in [3.63, 3.8) is 0 Å². The number of hydrogen-bond acceptors (Lipinski definition) is 8. The highest BCUT2D eigenvalue weighted by Gasteiger charge is 2.49. The summed E-state index contributed by atoms with van der Waals surface area (Å²) in [5.74, 6) is -3.09. The van der Waals surface area contributed by atoms with Crippen LogP contribution >= 0.6 is 0 Å². The van der Waals surface area contributed by atoms with E-state index in [0.29, 0.717) is 12.8 Å². The molecular weight excluding hydrogens is 468 g/mol. The molecule has 0 aromatic heterocycles. The Hall–Kier alpha value is -2.20. The Morgan fingerprint density at radius 3 is 1.33 bits per heavy atom. The molecule has 1 aliphatic carbocycles. The second-order valence-corrected chi connectivity index (χ2v) is 11.4. The molecular formula is C26H46N2O8. The summed E-state index contributed by atoms with van der Waals surface area (Å²) in [6.07, 6.45) is 2.39. The maximum absolute atomic E-state index is 13.4. The molecule has 0 unspecified atom stereocenters. The minimum Gasteiger partial charge on any atom is -0.458 e.